The van der Waals surface area contributed by atoms with E-state index in [9.17, 15) is 15.2 Å². The van der Waals surface area contributed by atoms with E-state index in [1.807, 2.05) is 94.7 Å². The number of non-ortho nitro benzene ring substituents is 1. The quantitative estimate of drug-likeness (QED) is 0.0652. The number of aromatic hydroxyl groups is 1. The molecule has 4 aliphatic heterocycles. The maximum absolute atomic E-state index is 16.8. The highest BCUT2D eigenvalue weighted by atomic mass is 16.6. The Hall–Kier alpha value is -9.80. The first kappa shape index (κ1) is 48.2. The molecule has 0 saturated carbocycles. The van der Waals surface area contributed by atoms with Gasteiger partial charge in [-0.3, -0.25) is 29.4 Å². The number of morpholine rings is 1. The summed E-state index contributed by atoms with van der Waals surface area (Å²) in [6.45, 7) is 0.735. The average molecular weight is 1030 g/mol. The molecule has 0 bridgehead atoms. The minimum Gasteiger partial charge on any atom is -0.508 e. The van der Waals surface area contributed by atoms with Crippen LogP contribution in [0.1, 0.15) is 51.6 Å². The van der Waals surface area contributed by atoms with Crippen LogP contribution in [0.15, 0.2) is 170 Å². The van der Waals surface area contributed by atoms with Crippen LogP contribution in [0.25, 0.3) is 11.0 Å². The predicted molar refractivity (Wildman–Crippen MR) is 279 cm³/mol. The SMILES string of the molecule is O=C1OC(c2ccccc2)C(c2ccccc2)N2C1C(C(=O)N1CCN(c3ncccn3)CC1)C1(C(=O)N(C(=O)OCc3ccc([N+](=O)[O-])cc3)c3ccc(C#CCn4nnc5ccccc54)cc31)C2c1ccc(O)cc1. The zero-order chi connectivity index (χ0) is 52.8. The van der Waals surface area contributed by atoms with Gasteiger partial charge in [0.25, 0.3) is 5.69 Å². The molecule has 2 aromatic heterocycles. The first-order valence-electron chi connectivity index (χ1n) is 24.9. The smallest absolute Gasteiger partial charge is 0.421 e. The molecule has 6 heterocycles. The fourth-order valence-electron chi connectivity index (χ4n) is 11.6. The van der Waals surface area contributed by atoms with Crippen LogP contribution in [-0.4, -0.2) is 101 Å². The van der Waals surface area contributed by atoms with Gasteiger partial charge in [0.15, 0.2) is 0 Å². The summed E-state index contributed by atoms with van der Waals surface area (Å²) in [7, 11) is 0. The number of aromatic nitrogens is 5. The van der Waals surface area contributed by atoms with Crippen molar-refractivity contribution in [1.82, 2.24) is 34.8 Å². The molecule has 77 heavy (non-hydrogen) atoms. The Morgan fingerprint density at radius 3 is 2.18 bits per heavy atom. The summed E-state index contributed by atoms with van der Waals surface area (Å²) >= 11 is 0. The van der Waals surface area contributed by atoms with E-state index in [1.165, 1.54) is 36.4 Å². The zero-order valence-corrected chi connectivity index (χ0v) is 41.0. The third-order valence-corrected chi connectivity index (χ3v) is 14.9. The molecular formula is C58H46N10O9. The molecule has 6 aromatic carbocycles. The van der Waals surface area contributed by atoms with Crippen molar-refractivity contribution in [3.05, 3.63) is 214 Å². The lowest BCUT2D eigenvalue weighted by atomic mass is 9.65. The topological polar surface area (TPSA) is 220 Å². The molecule has 3 fully saturated rings. The highest BCUT2D eigenvalue weighted by Crippen LogP contribution is 2.66. The van der Waals surface area contributed by atoms with Gasteiger partial charge < -0.3 is 24.4 Å². The van der Waals surface area contributed by atoms with Crippen molar-refractivity contribution < 1.29 is 38.7 Å². The molecule has 4 aliphatic rings. The van der Waals surface area contributed by atoms with E-state index in [1.54, 1.807) is 58.4 Å². The van der Waals surface area contributed by atoms with Crippen molar-refractivity contribution in [1.29, 1.82) is 0 Å². The third kappa shape index (κ3) is 8.40. The summed E-state index contributed by atoms with van der Waals surface area (Å²) in [5, 5.41) is 30.9. The highest BCUT2D eigenvalue weighted by molar-refractivity contribution is 6.23. The molecule has 0 radical (unpaired) electrons. The summed E-state index contributed by atoms with van der Waals surface area (Å²) < 4.78 is 14.2. The van der Waals surface area contributed by atoms with Crippen LogP contribution < -0.4 is 9.80 Å². The Balaban J connectivity index is 1.07. The average Bonchev–Trinajstić information content (AvgIpc) is 3.80. The molecule has 3 amide bonds. The van der Waals surface area contributed by atoms with E-state index in [2.05, 4.69) is 32.1 Å². The second-order valence-electron chi connectivity index (χ2n) is 19.1. The molecule has 1 N–H and O–H groups in total. The van der Waals surface area contributed by atoms with E-state index >= 15 is 19.2 Å². The first-order valence-corrected chi connectivity index (χ1v) is 24.9. The molecule has 6 atom stereocenters. The van der Waals surface area contributed by atoms with Gasteiger partial charge in [-0.15, -0.1) is 5.10 Å². The number of imide groups is 1. The van der Waals surface area contributed by atoms with Gasteiger partial charge in [-0.1, -0.05) is 102 Å². The van der Waals surface area contributed by atoms with Crippen LogP contribution in [0, 0.1) is 27.9 Å². The van der Waals surface area contributed by atoms with E-state index in [0.29, 0.717) is 52.4 Å². The third-order valence-electron chi connectivity index (χ3n) is 14.9. The standard InChI is InChI=1S/C58H46N10O9/c69-43-25-21-41(22-26-43)52-58(44-35-37(11-9-30-65-47-17-8-7-16-45(47)61-62-65)20-27-46(44)66(55(58)72)57(73)76-36-38-18-23-42(24-19-38)68(74)75)48(53(70)63-31-33-64(34-32-63)56-59-28-10-29-60-56)50-54(71)77-51(40-14-5-2-6-15-40)49(67(50)52)39-12-3-1-4-13-39/h1-8,10,12-29,35,48-52,69H,30-34,36H2. The number of hydrogen-bond acceptors (Lipinski definition) is 15. The highest BCUT2D eigenvalue weighted by Gasteiger charge is 2.76. The molecule has 19 nitrogen and oxygen atoms in total. The number of phenols is 1. The molecular weight excluding hydrogens is 981 g/mol. The molecule has 0 aliphatic carbocycles. The lowest BCUT2D eigenvalue weighted by molar-refractivity contribution is -0.384. The minimum atomic E-state index is -2.13. The van der Waals surface area contributed by atoms with Crippen molar-refractivity contribution in [3.8, 4) is 17.6 Å². The van der Waals surface area contributed by atoms with Crippen LogP contribution in [0.4, 0.5) is 22.1 Å². The van der Waals surface area contributed by atoms with Crippen LogP contribution in [0.2, 0.25) is 0 Å². The van der Waals surface area contributed by atoms with E-state index in [-0.39, 0.29) is 48.9 Å². The second-order valence-corrected chi connectivity index (χ2v) is 19.1. The summed E-state index contributed by atoms with van der Waals surface area (Å²) in [5.74, 6) is 3.14. The van der Waals surface area contributed by atoms with Gasteiger partial charge in [0.05, 0.1) is 34.1 Å². The summed E-state index contributed by atoms with van der Waals surface area (Å²) in [6.07, 6.45) is 1.22. The summed E-state index contributed by atoms with van der Waals surface area (Å²) in [4.78, 5) is 90.0. The van der Waals surface area contributed by atoms with Gasteiger partial charge in [-0.25, -0.2) is 24.3 Å². The Morgan fingerprint density at radius 1 is 0.779 bits per heavy atom. The normalized spacial score (nSPS) is 21.8. The number of carbonyl (C=O) groups is 4. The number of anilines is 2. The molecule has 12 rings (SSSR count). The number of nitro groups is 1. The number of carbonyl (C=O) groups excluding carboxylic acids is 4. The number of phenolic OH excluding ortho intramolecular Hbond substituents is 1. The van der Waals surface area contributed by atoms with Gasteiger partial charge in [-0.2, -0.15) is 0 Å². The van der Waals surface area contributed by atoms with E-state index in [4.69, 9.17) is 9.47 Å². The number of para-hydroxylation sites is 1. The van der Waals surface area contributed by atoms with Gasteiger partial charge in [0, 0.05) is 56.3 Å². The van der Waals surface area contributed by atoms with Crippen LogP contribution >= 0.6 is 0 Å². The fourth-order valence-corrected chi connectivity index (χ4v) is 11.6. The monoisotopic (exact) mass is 1030 g/mol. The van der Waals surface area contributed by atoms with E-state index < -0.39 is 64.4 Å². The maximum atomic E-state index is 16.8. The lowest BCUT2D eigenvalue weighted by Crippen LogP contribution is -2.59. The predicted octanol–water partition coefficient (Wildman–Crippen LogP) is 7.24. The number of esters is 1. The molecule has 382 valence electrons. The van der Waals surface area contributed by atoms with Crippen molar-refractivity contribution in [3.63, 3.8) is 0 Å². The zero-order valence-electron chi connectivity index (χ0n) is 41.0. The van der Waals surface area contributed by atoms with Crippen LogP contribution in [-0.2, 0) is 42.4 Å². The maximum Gasteiger partial charge on any atom is 0.421 e. The number of ether oxygens (including phenoxy) is 2. The Bertz CT molecular complexity index is 3640. The number of rotatable bonds is 9. The van der Waals surface area contributed by atoms with Gasteiger partial charge in [0.2, 0.25) is 17.8 Å². The fraction of sp³-hybridized carbons (Fsp3) is 0.207. The molecule has 8 aromatic rings. The van der Waals surface area contributed by atoms with E-state index in [0.717, 1.165) is 10.4 Å². The van der Waals surface area contributed by atoms with Gasteiger partial charge in [0.1, 0.15) is 42.0 Å². The number of amides is 3. The number of hydrogen-bond donors (Lipinski definition) is 1. The van der Waals surface area contributed by atoms with Crippen molar-refractivity contribution >= 4 is 52.2 Å². The number of cyclic esters (lactones) is 1. The number of nitro benzene ring substituents is 1. The number of piperazine rings is 1. The molecule has 1 spiro atoms. The Labute approximate surface area is 440 Å². The van der Waals surface area contributed by atoms with Crippen molar-refractivity contribution in [2.75, 3.05) is 36.0 Å². The van der Waals surface area contributed by atoms with Gasteiger partial charge in [-0.05, 0) is 88.5 Å². The van der Waals surface area contributed by atoms with Crippen molar-refractivity contribution in [2.24, 2.45) is 5.92 Å². The molecule has 19 heteroatoms. The Kier molecular flexibility index (Phi) is 12.4. The number of benzene rings is 6. The molecule has 3 saturated heterocycles. The van der Waals surface area contributed by atoms with Crippen LogP contribution in [0.3, 0.4) is 0 Å². The first-order chi connectivity index (χ1) is 37.6. The number of nitrogens with zero attached hydrogens (tertiary/aromatic N) is 10. The molecule has 6 unspecified atom stereocenters. The largest absolute Gasteiger partial charge is 0.508 e. The Morgan fingerprint density at radius 2 is 1.47 bits per heavy atom. The van der Waals surface area contributed by atoms with Gasteiger partial charge >= 0.3 is 12.1 Å². The van der Waals surface area contributed by atoms with Crippen molar-refractivity contribution in [2.45, 2.75) is 42.8 Å². The minimum absolute atomic E-state index is 0.0719. The second kappa shape index (κ2) is 19.8. The summed E-state index contributed by atoms with van der Waals surface area (Å²) in [5.41, 5.74) is 2.15. The number of fused-ring (bicyclic) bond motifs is 4. The van der Waals surface area contributed by atoms with Crippen LogP contribution in [0.5, 0.6) is 5.75 Å². The lowest BCUT2D eigenvalue weighted by Gasteiger charge is -2.46. The summed E-state index contributed by atoms with van der Waals surface area (Å²) in [6, 6.07) is 41.1.